The smallest absolute Gasteiger partial charge is 0.280 e. The molecule has 0 spiro atoms. The van der Waals surface area contributed by atoms with E-state index in [1.54, 1.807) is 15.2 Å². The van der Waals surface area contributed by atoms with Gasteiger partial charge in [0.1, 0.15) is 0 Å². The minimum absolute atomic E-state index is 0.198. The highest BCUT2D eigenvalue weighted by molar-refractivity contribution is 7.98. The molecule has 25 heavy (non-hydrogen) atoms. The molecule has 0 fully saturated rings. The Morgan fingerprint density at radius 1 is 1.00 bits per heavy atom. The first-order valence-electron chi connectivity index (χ1n) is 7.61. The lowest BCUT2D eigenvalue weighted by molar-refractivity contribution is 0.893. The molecule has 0 aliphatic rings. The van der Waals surface area contributed by atoms with Gasteiger partial charge in [0.05, 0.1) is 0 Å². The van der Waals surface area contributed by atoms with Gasteiger partial charge in [0.2, 0.25) is 5.65 Å². The van der Waals surface area contributed by atoms with Crippen molar-refractivity contribution in [3.8, 4) is 5.69 Å². The predicted molar refractivity (Wildman–Crippen MR) is 99.6 cm³/mol. The van der Waals surface area contributed by atoms with Crippen LogP contribution in [-0.4, -0.2) is 19.2 Å². The van der Waals surface area contributed by atoms with Crippen molar-refractivity contribution in [2.75, 3.05) is 0 Å². The van der Waals surface area contributed by atoms with E-state index in [4.69, 9.17) is 11.6 Å². The van der Waals surface area contributed by atoms with Gasteiger partial charge in [-0.2, -0.15) is 0 Å². The minimum Gasteiger partial charge on any atom is -0.280 e. The summed E-state index contributed by atoms with van der Waals surface area (Å²) < 4.78 is 3.28. The van der Waals surface area contributed by atoms with Crippen molar-refractivity contribution < 1.29 is 0 Å². The fraction of sp³-hybridized carbons (Fsp3) is 0.0556. The second-order valence-electron chi connectivity index (χ2n) is 5.40. The summed E-state index contributed by atoms with van der Waals surface area (Å²) in [5, 5.41) is 9.60. The first-order chi connectivity index (χ1) is 12.2. The summed E-state index contributed by atoms with van der Waals surface area (Å²) >= 11 is 7.52. The fourth-order valence-electron chi connectivity index (χ4n) is 2.53. The Hall–Kier alpha value is -2.57. The molecule has 0 amide bonds. The molecule has 4 aromatic rings. The average molecular weight is 369 g/mol. The van der Waals surface area contributed by atoms with E-state index in [2.05, 4.69) is 10.2 Å². The Labute approximate surface area is 152 Å². The molecule has 0 saturated heterocycles. The van der Waals surface area contributed by atoms with Crippen LogP contribution in [0.25, 0.3) is 11.3 Å². The monoisotopic (exact) mass is 368 g/mol. The van der Waals surface area contributed by atoms with E-state index in [1.807, 2.05) is 60.8 Å². The number of hydrogen-bond donors (Lipinski definition) is 0. The zero-order chi connectivity index (χ0) is 17.2. The van der Waals surface area contributed by atoms with Gasteiger partial charge < -0.3 is 0 Å². The first-order valence-corrected chi connectivity index (χ1v) is 8.98. The van der Waals surface area contributed by atoms with Crippen LogP contribution in [0.15, 0.2) is 76.9 Å². The Bertz CT molecular complexity index is 1090. The predicted octanol–water partition coefficient (Wildman–Crippen LogP) is 3.83. The number of fused-ring (bicyclic) bond motifs is 1. The van der Waals surface area contributed by atoms with Crippen molar-refractivity contribution in [2.24, 2.45) is 0 Å². The minimum atomic E-state index is -0.198. The summed E-state index contributed by atoms with van der Waals surface area (Å²) in [7, 11) is 0. The number of hydrogen-bond acceptors (Lipinski definition) is 4. The molecule has 0 saturated carbocycles. The molecule has 0 unspecified atom stereocenters. The quantitative estimate of drug-likeness (QED) is 0.514. The van der Waals surface area contributed by atoms with Gasteiger partial charge in [0.25, 0.3) is 0 Å². The molecular weight excluding hydrogens is 356 g/mol. The molecule has 7 heteroatoms. The molecule has 0 aliphatic carbocycles. The van der Waals surface area contributed by atoms with Crippen molar-refractivity contribution in [2.45, 2.75) is 10.9 Å². The van der Waals surface area contributed by atoms with Gasteiger partial charge in [-0.3, -0.25) is 13.8 Å². The molecule has 0 atom stereocenters. The average Bonchev–Trinajstić information content (AvgIpc) is 3.05. The van der Waals surface area contributed by atoms with Crippen LogP contribution in [-0.2, 0) is 5.75 Å². The zero-order valence-corrected chi connectivity index (χ0v) is 14.6. The van der Waals surface area contributed by atoms with Crippen molar-refractivity contribution in [1.29, 1.82) is 0 Å². The molecule has 2 heterocycles. The third-order valence-electron chi connectivity index (χ3n) is 3.73. The van der Waals surface area contributed by atoms with E-state index in [1.165, 1.54) is 11.8 Å². The number of halogens is 1. The maximum Gasteiger partial charge on any atom is 0.300 e. The number of benzene rings is 2. The van der Waals surface area contributed by atoms with E-state index in [0.717, 1.165) is 11.3 Å². The van der Waals surface area contributed by atoms with Gasteiger partial charge in [-0.15, -0.1) is 10.2 Å². The molecule has 2 aromatic heterocycles. The molecule has 0 N–H and O–H groups in total. The Morgan fingerprint density at radius 3 is 2.64 bits per heavy atom. The van der Waals surface area contributed by atoms with Crippen molar-refractivity contribution >= 4 is 29.0 Å². The summed E-state index contributed by atoms with van der Waals surface area (Å²) in [6.45, 7) is 0. The topological polar surface area (TPSA) is 52.2 Å². The van der Waals surface area contributed by atoms with Crippen LogP contribution in [0.1, 0.15) is 5.56 Å². The van der Waals surface area contributed by atoms with Gasteiger partial charge >= 0.3 is 5.56 Å². The van der Waals surface area contributed by atoms with Crippen LogP contribution in [0.2, 0.25) is 5.02 Å². The first kappa shape index (κ1) is 15.9. The molecule has 0 bridgehead atoms. The second kappa shape index (κ2) is 6.74. The van der Waals surface area contributed by atoms with E-state index < -0.39 is 0 Å². The standard InChI is InChI=1S/C18H13ClN4OS/c19-14-6-4-5-13(11-14)12-25-18-21-20-16-17(24)22(9-10-23(16)18)15-7-2-1-3-8-15/h1-11H,12H2. The maximum atomic E-state index is 12.7. The van der Waals surface area contributed by atoms with Gasteiger partial charge in [-0.1, -0.05) is 53.7 Å². The van der Waals surface area contributed by atoms with E-state index in [0.29, 0.717) is 21.6 Å². The van der Waals surface area contributed by atoms with Gasteiger partial charge in [0.15, 0.2) is 5.16 Å². The van der Waals surface area contributed by atoms with Crippen molar-refractivity contribution in [3.05, 3.63) is 87.9 Å². The highest BCUT2D eigenvalue weighted by Crippen LogP contribution is 2.22. The van der Waals surface area contributed by atoms with Crippen LogP contribution in [0.3, 0.4) is 0 Å². The lowest BCUT2D eigenvalue weighted by Crippen LogP contribution is -2.20. The molecule has 124 valence electrons. The maximum absolute atomic E-state index is 12.7. The Morgan fingerprint density at radius 2 is 1.84 bits per heavy atom. The molecular formula is C18H13ClN4OS. The normalized spacial score (nSPS) is 11.1. The summed E-state index contributed by atoms with van der Waals surface area (Å²) in [5.41, 5.74) is 1.99. The lowest BCUT2D eigenvalue weighted by atomic mass is 10.2. The largest absolute Gasteiger partial charge is 0.300 e. The van der Waals surface area contributed by atoms with E-state index in [-0.39, 0.29) is 5.56 Å². The number of aromatic nitrogens is 4. The summed E-state index contributed by atoms with van der Waals surface area (Å²) in [4.78, 5) is 12.7. The zero-order valence-electron chi connectivity index (χ0n) is 13.0. The Balaban J connectivity index is 1.66. The van der Waals surface area contributed by atoms with Crippen LogP contribution in [0.5, 0.6) is 0 Å². The molecule has 4 rings (SSSR count). The van der Waals surface area contributed by atoms with Gasteiger partial charge in [-0.25, -0.2) is 0 Å². The highest BCUT2D eigenvalue weighted by atomic mass is 35.5. The van der Waals surface area contributed by atoms with Crippen molar-refractivity contribution in [3.63, 3.8) is 0 Å². The van der Waals surface area contributed by atoms with E-state index in [9.17, 15) is 4.79 Å². The van der Waals surface area contributed by atoms with Crippen LogP contribution >= 0.6 is 23.4 Å². The number of thioether (sulfide) groups is 1. The van der Waals surface area contributed by atoms with Gasteiger partial charge in [-0.05, 0) is 29.8 Å². The van der Waals surface area contributed by atoms with E-state index >= 15 is 0 Å². The lowest BCUT2D eigenvalue weighted by Gasteiger charge is -2.06. The number of rotatable bonds is 4. The molecule has 5 nitrogen and oxygen atoms in total. The third-order valence-corrected chi connectivity index (χ3v) is 4.98. The fourth-order valence-corrected chi connectivity index (χ4v) is 3.60. The van der Waals surface area contributed by atoms with Crippen molar-refractivity contribution in [1.82, 2.24) is 19.2 Å². The molecule has 0 aliphatic heterocycles. The summed E-state index contributed by atoms with van der Waals surface area (Å²) in [5.74, 6) is 0.698. The Kier molecular flexibility index (Phi) is 4.29. The van der Waals surface area contributed by atoms with Crippen LogP contribution < -0.4 is 5.56 Å². The SMILES string of the molecule is O=c1c2nnc(SCc3cccc(Cl)c3)n2ccn1-c1ccccc1. The molecule has 0 radical (unpaired) electrons. The summed E-state index contributed by atoms with van der Waals surface area (Å²) in [6, 6.07) is 17.1. The summed E-state index contributed by atoms with van der Waals surface area (Å²) in [6.07, 6.45) is 3.54. The molecule has 2 aromatic carbocycles. The highest BCUT2D eigenvalue weighted by Gasteiger charge is 2.12. The number of nitrogens with zero attached hydrogens (tertiary/aromatic N) is 4. The van der Waals surface area contributed by atoms with Crippen LogP contribution in [0.4, 0.5) is 0 Å². The second-order valence-corrected chi connectivity index (χ2v) is 6.78. The number of para-hydroxylation sites is 1. The third kappa shape index (κ3) is 3.18. The van der Waals surface area contributed by atoms with Crippen LogP contribution in [0, 0.1) is 0 Å². The van der Waals surface area contributed by atoms with Gasteiger partial charge in [0, 0.05) is 28.9 Å².